The predicted octanol–water partition coefficient (Wildman–Crippen LogP) is 1.35. The van der Waals surface area contributed by atoms with E-state index in [2.05, 4.69) is 69.8 Å². The van der Waals surface area contributed by atoms with Crippen molar-refractivity contribution in [2.45, 2.75) is 6.92 Å². The van der Waals surface area contributed by atoms with Gasteiger partial charge in [0.25, 0.3) is 5.65 Å². The van der Waals surface area contributed by atoms with Gasteiger partial charge in [-0.1, -0.05) is 12.1 Å². The van der Waals surface area contributed by atoms with Crippen LogP contribution >= 0.6 is 0 Å². The summed E-state index contributed by atoms with van der Waals surface area (Å²) in [5.74, 6) is -0.0549. The number of aryl methyl sites for hydroxylation is 2. The van der Waals surface area contributed by atoms with E-state index in [1.165, 1.54) is 5.56 Å². The van der Waals surface area contributed by atoms with Gasteiger partial charge in [-0.15, -0.1) is 5.10 Å². The van der Waals surface area contributed by atoms with Crippen LogP contribution in [0.2, 0.25) is 0 Å². The van der Waals surface area contributed by atoms with Gasteiger partial charge in [0.1, 0.15) is 6.20 Å². The van der Waals surface area contributed by atoms with Gasteiger partial charge in [-0.05, 0) is 36.2 Å². The van der Waals surface area contributed by atoms with Gasteiger partial charge < -0.3 is 11.5 Å². The highest BCUT2D eigenvalue weighted by atomic mass is 15.3. The smallest absolute Gasteiger partial charge is 0.286 e. The van der Waals surface area contributed by atoms with Crippen LogP contribution in [0.5, 0.6) is 0 Å². The molecule has 0 amide bonds. The van der Waals surface area contributed by atoms with Crippen LogP contribution in [0.25, 0.3) is 16.9 Å². The molecule has 0 fully saturated rings. The van der Waals surface area contributed by atoms with Gasteiger partial charge in [-0.3, -0.25) is 0 Å². The molecule has 0 spiro atoms. The zero-order chi connectivity index (χ0) is 16.4. The first kappa shape index (κ1) is 14.8. The molecule has 0 aliphatic rings. The molecule has 23 heavy (non-hydrogen) atoms. The average molecular weight is 307 g/mol. The fraction of sp³-hybridized carbons (Fsp3) is 0.118. The van der Waals surface area contributed by atoms with Gasteiger partial charge >= 0.3 is 0 Å². The van der Waals surface area contributed by atoms with E-state index in [-0.39, 0.29) is 5.96 Å². The minimum Gasteiger partial charge on any atom is -0.369 e. The number of aromatic nitrogens is 2. The molecule has 2 aromatic heterocycles. The van der Waals surface area contributed by atoms with Crippen molar-refractivity contribution in [3.63, 3.8) is 0 Å². The second-order valence-corrected chi connectivity index (χ2v) is 5.43. The van der Waals surface area contributed by atoms with E-state index >= 15 is 0 Å². The number of hydrogen-bond acceptors (Lipinski definition) is 2. The molecule has 0 aliphatic carbocycles. The van der Waals surface area contributed by atoms with Crippen LogP contribution in [0.15, 0.2) is 59.0 Å². The van der Waals surface area contributed by atoms with Crippen molar-refractivity contribution < 1.29 is 4.40 Å². The summed E-state index contributed by atoms with van der Waals surface area (Å²) in [5, 5.41) is 7.40. The molecule has 3 aromatic rings. The SMILES string of the molecule is Cc1cc[n+]2cc(-c3ccc(/C=N\N=C(N)N)cc3)n(C)c2c1. The fourth-order valence-electron chi connectivity index (χ4n) is 2.49. The summed E-state index contributed by atoms with van der Waals surface area (Å²) in [6.07, 6.45) is 5.81. The molecule has 0 saturated carbocycles. The van der Waals surface area contributed by atoms with Gasteiger partial charge in [0.2, 0.25) is 5.96 Å². The Morgan fingerprint density at radius 2 is 1.91 bits per heavy atom. The number of nitrogens with zero attached hydrogens (tertiary/aromatic N) is 4. The van der Waals surface area contributed by atoms with E-state index in [0.717, 1.165) is 22.5 Å². The molecule has 0 radical (unpaired) electrons. The summed E-state index contributed by atoms with van der Waals surface area (Å²) in [6.45, 7) is 2.09. The molecular formula is C17H19N6+. The van der Waals surface area contributed by atoms with Crippen LogP contribution in [0.1, 0.15) is 11.1 Å². The van der Waals surface area contributed by atoms with Crippen molar-refractivity contribution in [3.8, 4) is 11.3 Å². The van der Waals surface area contributed by atoms with Gasteiger partial charge in [-0.2, -0.15) is 5.10 Å². The first-order chi connectivity index (χ1) is 11.0. The number of benzene rings is 1. The maximum atomic E-state index is 5.23. The molecule has 0 aliphatic heterocycles. The molecular weight excluding hydrogens is 288 g/mol. The molecule has 0 unspecified atom stereocenters. The Labute approximate surface area is 134 Å². The monoisotopic (exact) mass is 307 g/mol. The van der Waals surface area contributed by atoms with E-state index in [9.17, 15) is 0 Å². The second-order valence-electron chi connectivity index (χ2n) is 5.43. The first-order valence-electron chi connectivity index (χ1n) is 7.24. The van der Waals surface area contributed by atoms with Crippen molar-refractivity contribution in [2.75, 3.05) is 0 Å². The lowest BCUT2D eigenvalue weighted by Gasteiger charge is -1.98. The number of fused-ring (bicyclic) bond motifs is 1. The maximum Gasteiger partial charge on any atom is 0.286 e. The summed E-state index contributed by atoms with van der Waals surface area (Å²) in [6, 6.07) is 12.3. The molecule has 6 heteroatoms. The Hall–Kier alpha value is -3.15. The van der Waals surface area contributed by atoms with E-state index in [0.29, 0.717) is 0 Å². The maximum absolute atomic E-state index is 5.23. The number of guanidine groups is 1. The molecule has 116 valence electrons. The molecule has 1 aromatic carbocycles. The Morgan fingerprint density at radius 3 is 2.61 bits per heavy atom. The van der Waals surface area contributed by atoms with Gasteiger partial charge in [0, 0.05) is 11.6 Å². The molecule has 2 heterocycles. The van der Waals surface area contributed by atoms with Crippen LogP contribution in [0.3, 0.4) is 0 Å². The van der Waals surface area contributed by atoms with Crippen molar-refractivity contribution in [3.05, 3.63) is 59.9 Å². The van der Waals surface area contributed by atoms with Crippen LogP contribution in [-0.4, -0.2) is 16.7 Å². The minimum atomic E-state index is -0.0549. The van der Waals surface area contributed by atoms with E-state index in [1.807, 2.05) is 12.1 Å². The highest BCUT2D eigenvalue weighted by Gasteiger charge is 2.15. The zero-order valence-corrected chi connectivity index (χ0v) is 13.1. The number of imidazole rings is 1. The Balaban J connectivity index is 1.95. The molecule has 4 N–H and O–H groups in total. The largest absolute Gasteiger partial charge is 0.369 e. The summed E-state index contributed by atoms with van der Waals surface area (Å²) >= 11 is 0. The standard InChI is InChI=1S/C17H19N6/c1-12-7-8-23-11-15(22(2)16(23)9-12)14-5-3-13(4-6-14)10-20-21-17(18)19/h3-11H,1-2H3,(H4,18,19,21)/q+1/b20-10-. The normalized spacial score (nSPS) is 11.2. The summed E-state index contributed by atoms with van der Waals surface area (Å²) in [7, 11) is 2.07. The van der Waals surface area contributed by atoms with Crippen LogP contribution in [0, 0.1) is 6.92 Å². The molecule has 0 atom stereocenters. The summed E-state index contributed by atoms with van der Waals surface area (Å²) in [5.41, 5.74) is 16.1. The van der Waals surface area contributed by atoms with E-state index < -0.39 is 0 Å². The van der Waals surface area contributed by atoms with Crippen molar-refractivity contribution in [1.29, 1.82) is 0 Å². The molecule has 3 rings (SSSR count). The quantitative estimate of drug-likeness (QED) is 0.331. The topological polar surface area (TPSA) is 85.8 Å². The number of rotatable bonds is 3. The first-order valence-corrected chi connectivity index (χ1v) is 7.24. The Morgan fingerprint density at radius 1 is 1.17 bits per heavy atom. The predicted molar refractivity (Wildman–Crippen MR) is 92.1 cm³/mol. The number of nitrogens with two attached hydrogens (primary N) is 2. The van der Waals surface area contributed by atoms with Crippen molar-refractivity contribution >= 4 is 17.8 Å². The van der Waals surface area contributed by atoms with E-state index in [1.54, 1.807) is 6.21 Å². The Kier molecular flexibility index (Phi) is 3.80. The van der Waals surface area contributed by atoms with Crippen LogP contribution in [-0.2, 0) is 7.05 Å². The van der Waals surface area contributed by atoms with Crippen LogP contribution in [0.4, 0.5) is 0 Å². The molecule has 0 bridgehead atoms. The lowest BCUT2D eigenvalue weighted by atomic mass is 10.1. The number of hydrogen-bond donors (Lipinski definition) is 2. The highest BCUT2D eigenvalue weighted by molar-refractivity contribution is 5.82. The third kappa shape index (κ3) is 3.06. The van der Waals surface area contributed by atoms with Gasteiger partial charge in [-0.25, -0.2) is 8.97 Å². The van der Waals surface area contributed by atoms with Crippen molar-refractivity contribution in [1.82, 2.24) is 4.57 Å². The highest BCUT2D eigenvalue weighted by Crippen LogP contribution is 2.20. The van der Waals surface area contributed by atoms with Crippen LogP contribution < -0.4 is 15.9 Å². The average Bonchev–Trinajstić information content (AvgIpc) is 2.85. The van der Waals surface area contributed by atoms with Crippen molar-refractivity contribution in [2.24, 2.45) is 28.7 Å². The lowest BCUT2D eigenvalue weighted by molar-refractivity contribution is -0.510. The molecule has 6 nitrogen and oxygen atoms in total. The molecule has 0 saturated heterocycles. The second kappa shape index (κ2) is 5.92. The number of pyridine rings is 1. The summed E-state index contributed by atoms with van der Waals surface area (Å²) in [4.78, 5) is 0. The third-order valence-electron chi connectivity index (χ3n) is 3.67. The minimum absolute atomic E-state index is 0.0549. The van der Waals surface area contributed by atoms with Gasteiger partial charge in [0.05, 0.1) is 19.5 Å². The third-order valence-corrected chi connectivity index (χ3v) is 3.67. The summed E-state index contributed by atoms with van der Waals surface area (Å²) < 4.78 is 4.30. The van der Waals surface area contributed by atoms with E-state index in [4.69, 9.17) is 11.5 Å². The zero-order valence-electron chi connectivity index (χ0n) is 13.1. The Bertz CT molecular complexity index is 899. The van der Waals surface area contributed by atoms with Gasteiger partial charge in [0.15, 0.2) is 5.69 Å². The fourth-order valence-corrected chi connectivity index (χ4v) is 2.49. The lowest BCUT2D eigenvalue weighted by Crippen LogP contribution is -2.21.